The number of fused-ring (bicyclic) bond motifs is 5. The number of carbonyl (C=O) groups excluding carboxylic acids is 1. The van der Waals surface area contributed by atoms with Gasteiger partial charge in [0.1, 0.15) is 24.4 Å². The maximum atomic E-state index is 13.4. The molecule has 176 valence electrons. The summed E-state index contributed by atoms with van der Waals surface area (Å²) in [5.74, 6) is -0.0550. The Balaban J connectivity index is 1.41. The van der Waals surface area contributed by atoms with E-state index in [0.717, 1.165) is 24.1 Å². The van der Waals surface area contributed by atoms with Crippen LogP contribution in [0, 0.1) is 0 Å². The summed E-state index contributed by atoms with van der Waals surface area (Å²) in [5.41, 5.74) is 0.771. The molecule has 0 spiro atoms. The van der Waals surface area contributed by atoms with E-state index in [1.165, 1.54) is 0 Å². The van der Waals surface area contributed by atoms with Crippen LogP contribution in [0.15, 0.2) is 53.5 Å². The first-order valence-electron chi connectivity index (χ1n) is 11.6. The van der Waals surface area contributed by atoms with Crippen molar-refractivity contribution < 1.29 is 24.5 Å². The molecule has 8 nitrogen and oxygen atoms in total. The Morgan fingerprint density at radius 3 is 2.68 bits per heavy atom. The van der Waals surface area contributed by atoms with Gasteiger partial charge in [-0.15, -0.1) is 0 Å². The minimum atomic E-state index is -1.17. The summed E-state index contributed by atoms with van der Waals surface area (Å²) < 4.78 is 13.6. The maximum Gasteiger partial charge on any atom is 0.343 e. The molecule has 1 saturated heterocycles. The first-order valence-corrected chi connectivity index (χ1v) is 11.6. The average molecular weight is 463 g/mol. The van der Waals surface area contributed by atoms with Crippen LogP contribution in [0.4, 0.5) is 5.69 Å². The Hall–Kier alpha value is -3.36. The van der Waals surface area contributed by atoms with Gasteiger partial charge in [-0.05, 0) is 30.5 Å². The Bertz CT molecular complexity index is 1330. The quantitative estimate of drug-likeness (QED) is 0.562. The molecule has 0 bridgehead atoms. The van der Waals surface area contributed by atoms with Gasteiger partial charge in [0.2, 0.25) is 5.43 Å². The van der Waals surface area contributed by atoms with Crippen LogP contribution in [-0.4, -0.2) is 52.2 Å². The lowest BCUT2D eigenvalue weighted by atomic mass is 10.0. The summed E-state index contributed by atoms with van der Waals surface area (Å²) in [4.78, 5) is 28.3. The van der Waals surface area contributed by atoms with Crippen LogP contribution in [0.1, 0.15) is 41.2 Å². The molecule has 1 aromatic heterocycles. The van der Waals surface area contributed by atoms with Crippen molar-refractivity contribution in [1.82, 2.24) is 4.57 Å². The fourth-order valence-corrected chi connectivity index (χ4v) is 5.15. The normalized spacial score (nSPS) is 23.4. The first-order chi connectivity index (χ1) is 16.5. The van der Waals surface area contributed by atoms with E-state index in [9.17, 15) is 19.8 Å². The van der Waals surface area contributed by atoms with E-state index >= 15 is 0 Å². The number of pyridine rings is 1. The predicted molar refractivity (Wildman–Crippen MR) is 125 cm³/mol. The highest BCUT2D eigenvalue weighted by Crippen LogP contribution is 2.46. The minimum Gasteiger partial charge on any atom is -0.487 e. The number of esters is 1. The second-order valence-corrected chi connectivity index (χ2v) is 9.56. The third kappa shape index (κ3) is 3.45. The Morgan fingerprint density at radius 2 is 1.94 bits per heavy atom. The van der Waals surface area contributed by atoms with E-state index < -0.39 is 11.6 Å². The number of nitrogens with zero attached hydrogens (tertiary/aromatic N) is 2. The van der Waals surface area contributed by atoms with Gasteiger partial charge in [-0.3, -0.25) is 4.79 Å². The number of benzene rings is 2. The van der Waals surface area contributed by atoms with E-state index in [1.54, 1.807) is 12.3 Å². The molecule has 3 heterocycles. The van der Waals surface area contributed by atoms with Crippen molar-refractivity contribution in [3.63, 3.8) is 0 Å². The second kappa shape index (κ2) is 7.85. The maximum absolute atomic E-state index is 13.4. The van der Waals surface area contributed by atoms with Crippen LogP contribution in [0.3, 0.4) is 0 Å². The predicted octanol–water partition coefficient (Wildman–Crippen LogP) is 2.39. The lowest BCUT2D eigenvalue weighted by molar-refractivity contribution is 0.00142. The molecule has 2 N–H and O–H groups in total. The molecule has 6 rings (SSSR count). The van der Waals surface area contributed by atoms with Gasteiger partial charge in [-0.1, -0.05) is 30.3 Å². The molecule has 0 amide bonds. The number of carbonyl (C=O) groups is 1. The standard InChI is InChI=1S/C26H26N2O6/c29-15-26(32)10-18-13-33-24-21(28(18)14-26)9-8-19-22(24)27(17-6-7-17)11-20(23(19)30)25(31)34-12-16-4-2-1-3-5-16/h1-5,8-9,11,17-18,29,32H,6-7,10,12-15H2/t18-,26-/m0/s1. The third-order valence-electron chi connectivity index (χ3n) is 7.04. The molecule has 34 heavy (non-hydrogen) atoms. The average Bonchev–Trinajstić information content (AvgIpc) is 3.64. The summed E-state index contributed by atoms with van der Waals surface area (Å²) in [6, 6.07) is 13.0. The van der Waals surface area contributed by atoms with Crippen LogP contribution >= 0.6 is 0 Å². The molecule has 2 atom stereocenters. The van der Waals surface area contributed by atoms with Crippen molar-refractivity contribution in [3.05, 3.63) is 70.0 Å². The smallest absolute Gasteiger partial charge is 0.343 e. The molecule has 8 heteroatoms. The van der Waals surface area contributed by atoms with Crippen molar-refractivity contribution >= 4 is 22.6 Å². The summed E-state index contributed by atoms with van der Waals surface area (Å²) >= 11 is 0. The molecule has 2 fully saturated rings. The summed E-state index contributed by atoms with van der Waals surface area (Å²) in [5, 5.41) is 20.7. The van der Waals surface area contributed by atoms with Crippen LogP contribution in [0.25, 0.3) is 10.9 Å². The highest BCUT2D eigenvalue weighted by Gasteiger charge is 2.46. The lowest BCUT2D eigenvalue weighted by Gasteiger charge is -2.34. The van der Waals surface area contributed by atoms with Gasteiger partial charge in [-0.2, -0.15) is 0 Å². The number of rotatable bonds is 5. The molecule has 2 aromatic carbocycles. The topological polar surface area (TPSA) is 101 Å². The summed E-state index contributed by atoms with van der Waals surface area (Å²) in [6.07, 6.45) is 3.94. The Kier molecular flexibility index (Phi) is 4.89. The Labute approximate surface area is 195 Å². The second-order valence-electron chi connectivity index (χ2n) is 9.56. The van der Waals surface area contributed by atoms with E-state index in [0.29, 0.717) is 36.2 Å². The zero-order valence-corrected chi connectivity index (χ0v) is 18.6. The molecular formula is C26H26N2O6. The lowest BCUT2D eigenvalue weighted by Crippen LogP contribution is -2.40. The van der Waals surface area contributed by atoms with Gasteiger partial charge in [0.25, 0.3) is 0 Å². The van der Waals surface area contributed by atoms with Gasteiger partial charge < -0.3 is 29.2 Å². The largest absolute Gasteiger partial charge is 0.487 e. The van der Waals surface area contributed by atoms with Gasteiger partial charge in [0.05, 0.1) is 29.2 Å². The molecule has 3 aromatic rings. The number of aliphatic hydroxyl groups is 2. The first kappa shape index (κ1) is 21.2. The summed E-state index contributed by atoms with van der Waals surface area (Å²) in [6.45, 7) is 0.434. The van der Waals surface area contributed by atoms with Crippen molar-refractivity contribution in [2.24, 2.45) is 0 Å². The van der Waals surface area contributed by atoms with E-state index in [4.69, 9.17) is 9.47 Å². The number of aromatic nitrogens is 1. The highest BCUT2D eigenvalue weighted by atomic mass is 16.5. The monoisotopic (exact) mass is 462 g/mol. The number of hydrogen-bond acceptors (Lipinski definition) is 7. The minimum absolute atomic E-state index is 0.0137. The Morgan fingerprint density at radius 1 is 1.15 bits per heavy atom. The molecule has 3 aliphatic rings. The van der Waals surface area contributed by atoms with Crippen LogP contribution < -0.4 is 15.1 Å². The molecule has 1 aliphatic carbocycles. The van der Waals surface area contributed by atoms with Gasteiger partial charge in [-0.25, -0.2) is 4.79 Å². The molecule has 2 aliphatic heterocycles. The third-order valence-corrected chi connectivity index (χ3v) is 7.04. The van der Waals surface area contributed by atoms with E-state index in [1.807, 2.05) is 41.0 Å². The van der Waals surface area contributed by atoms with Crippen molar-refractivity contribution in [2.75, 3.05) is 24.7 Å². The van der Waals surface area contributed by atoms with Gasteiger partial charge >= 0.3 is 5.97 Å². The number of hydrogen-bond donors (Lipinski definition) is 2. The number of anilines is 1. The number of aliphatic hydroxyl groups excluding tert-OH is 1. The van der Waals surface area contributed by atoms with Gasteiger partial charge in [0.15, 0.2) is 5.75 Å². The highest BCUT2D eigenvalue weighted by molar-refractivity contribution is 5.97. The fourth-order valence-electron chi connectivity index (χ4n) is 5.15. The molecular weight excluding hydrogens is 436 g/mol. The summed E-state index contributed by atoms with van der Waals surface area (Å²) in [7, 11) is 0. The van der Waals surface area contributed by atoms with Gasteiger partial charge in [0, 0.05) is 25.2 Å². The van der Waals surface area contributed by atoms with Crippen LogP contribution in [-0.2, 0) is 11.3 Å². The molecule has 0 unspecified atom stereocenters. The zero-order valence-electron chi connectivity index (χ0n) is 18.6. The van der Waals surface area contributed by atoms with Crippen molar-refractivity contribution in [3.8, 4) is 5.75 Å². The van der Waals surface area contributed by atoms with Crippen LogP contribution in [0.2, 0.25) is 0 Å². The van der Waals surface area contributed by atoms with Crippen molar-refractivity contribution in [2.45, 2.75) is 43.6 Å². The van der Waals surface area contributed by atoms with Crippen LogP contribution in [0.5, 0.6) is 5.75 Å². The van der Waals surface area contributed by atoms with E-state index in [2.05, 4.69) is 4.90 Å². The number of ether oxygens (including phenoxy) is 2. The fraction of sp³-hybridized carbons (Fsp3) is 0.385. The molecule has 1 saturated carbocycles. The van der Waals surface area contributed by atoms with E-state index in [-0.39, 0.29) is 36.3 Å². The molecule has 0 radical (unpaired) electrons. The SMILES string of the molecule is O=C(OCc1ccccc1)c1cn(C2CC2)c2c3c(ccc2c1=O)N1C[C@](O)(CO)C[C@H]1CO3. The zero-order chi connectivity index (χ0) is 23.4. The van der Waals surface area contributed by atoms with Crippen molar-refractivity contribution in [1.29, 1.82) is 0 Å².